The number of hydrogen-bond donors (Lipinski definition) is 7. The Kier molecular flexibility index (Phi) is 13.6. The maximum Gasteiger partial charge on any atom is 0.326 e. The van der Waals surface area contributed by atoms with Gasteiger partial charge in [0.15, 0.2) is 0 Å². The van der Waals surface area contributed by atoms with Crippen LogP contribution in [0.2, 0.25) is 0 Å². The van der Waals surface area contributed by atoms with E-state index in [2.05, 4.69) is 16.0 Å². The summed E-state index contributed by atoms with van der Waals surface area (Å²) in [6.45, 7) is 0. The molecule has 0 aliphatic carbocycles. The number of phenols is 1. The van der Waals surface area contributed by atoms with Gasteiger partial charge in [0.25, 0.3) is 0 Å². The summed E-state index contributed by atoms with van der Waals surface area (Å²) in [7, 11) is 0. The van der Waals surface area contributed by atoms with Crippen LogP contribution in [0.4, 0.5) is 0 Å². The molecule has 0 fully saturated rings. The van der Waals surface area contributed by atoms with Gasteiger partial charge >= 0.3 is 5.97 Å². The van der Waals surface area contributed by atoms with E-state index in [1.807, 2.05) is 6.26 Å². The Morgan fingerprint density at radius 1 is 0.780 bits per heavy atom. The number of hydrogen-bond acceptors (Lipinski definition) is 8. The highest BCUT2D eigenvalue weighted by atomic mass is 32.2. The molecule has 13 heteroatoms. The van der Waals surface area contributed by atoms with E-state index in [1.165, 1.54) is 23.9 Å². The maximum absolute atomic E-state index is 13.5. The summed E-state index contributed by atoms with van der Waals surface area (Å²) >= 11 is 1.53. The number of benzene rings is 2. The molecule has 41 heavy (non-hydrogen) atoms. The Morgan fingerprint density at radius 3 is 1.80 bits per heavy atom. The lowest BCUT2D eigenvalue weighted by molar-refractivity contribution is -0.142. The Labute approximate surface area is 242 Å². The van der Waals surface area contributed by atoms with Gasteiger partial charge in [-0.2, -0.15) is 11.8 Å². The number of carbonyl (C=O) groups is 5. The van der Waals surface area contributed by atoms with E-state index in [0.717, 1.165) is 0 Å². The quantitative estimate of drug-likeness (QED) is 0.133. The summed E-state index contributed by atoms with van der Waals surface area (Å²) in [5.41, 5.74) is 12.5. The fraction of sp³-hybridized carbons (Fsp3) is 0.393. The topological polar surface area (TPSA) is 214 Å². The van der Waals surface area contributed by atoms with Gasteiger partial charge in [-0.25, -0.2) is 4.79 Å². The maximum atomic E-state index is 13.5. The second-order valence-electron chi connectivity index (χ2n) is 9.48. The zero-order valence-corrected chi connectivity index (χ0v) is 23.6. The molecule has 0 aliphatic rings. The van der Waals surface area contributed by atoms with Gasteiger partial charge < -0.3 is 37.6 Å². The predicted molar refractivity (Wildman–Crippen MR) is 155 cm³/mol. The van der Waals surface area contributed by atoms with E-state index >= 15 is 0 Å². The van der Waals surface area contributed by atoms with E-state index in [-0.39, 0.29) is 31.4 Å². The second-order valence-corrected chi connectivity index (χ2v) is 10.5. The minimum Gasteiger partial charge on any atom is -0.508 e. The first-order valence-corrected chi connectivity index (χ1v) is 14.4. The van der Waals surface area contributed by atoms with Crippen molar-refractivity contribution in [1.82, 2.24) is 16.0 Å². The molecule has 0 spiro atoms. The number of carboxylic acids is 1. The molecule has 0 radical (unpaired) electrons. The van der Waals surface area contributed by atoms with Crippen molar-refractivity contribution in [3.05, 3.63) is 65.7 Å². The van der Waals surface area contributed by atoms with E-state index in [0.29, 0.717) is 23.3 Å². The molecule has 4 unspecified atom stereocenters. The third-order valence-corrected chi connectivity index (χ3v) is 6.83. The van der Waals surface area contributed by atoms with Crippen LogP contribution >= 0.6 is 11.8 Å². The Morgan fingerprint density at radius 2 is 1.29 bits per heavy atom. The molecule has 0 saturated carbocycles. The van der Waals surface area contributed by atoms with Crippen LogP contribution in [-0.2, 0) is 36.8 Å². The first-order chi connectivity index (χ1) is 19.5. The summed E-state index contributed by atoms with van der Waals surface area (Å²) in [5.74, 6) is -3.43. The van der Waals surface area contributed by atoms with Gasteiger partial charge in [0.2, 0.25) is 23.6 Å². The number of rotatable bonds is 17. The lowest BCUT2D eigenvalue weighted by atomic mass is 10.0. The molecular formula is C28H37N5O7S. The first-order valence-electron chi connectivity index (χ1n) is 13.0. The van der Waals surface area contributed by atoms with Crippen LogP contribution in [0.15, 0.2) is 54.6 Å². The monoisotopic (exact) mass is 587 g/mol. The molecule has 0 bridgehead atoms. The first kappa shape index (κ1) is 33.1. The molecule has 2 aromatic rings. The Hall–Kier alpha value is -4.10. The fourth-order valence-corrected chi connectivity index (χ4v) is 4.37. The van der Waals surface area contributed by atoms with Gasteiger partial charge in [0, 0.05) is 19.3 Å². The largest absolute Gasteiger partial charge is 0.508 e. The number of aromatic hydroxyl groups is 1. The SMILES string of the molecule is CSCCC(N)C(=O)NC(Cc1ccc(O)cc1)C(=O)NC(Cc1ccccc1)C(=O)NC(CCC(N)=O)C(=O)O. The van der Waals surface area contributed by atoms with Crippen LogP contribution in [-0.4, -0.2) is 76.0 Å². The van der Waals surface area contributed by atoms with Crippen LogP contribution in [0.25, 0.3) is 0 Å². The number of thioether (sulfide) groups is 1. The standard InChI is InChI=1S/C28H37N5O7S/c1-41-14-13-20(29)25(36)32-22(16-18-7-9-19(34)10-8-18)27(38)33-23(15-17-5-3-2-4-6-17)26(37)31-21(28(39)40)11-12-24(30)35/h2-10,20-23,34H,11-16,29H2,1H3,(H2,30,35)(H,31,37)(H,32,36)(H,33,38)(H,39,40). The number of aliphatic carboxylic acids is 1. The summed E-state index contributed by atoms with van der Waals surface area (Å²) in [6, 6.07) is 10.2. The zero-order valence-electron chi connectivity index (χ0n) is 22.7. The van der Waals surface area contributed by atoms with Gasteiger partial charge in [0.1, 0.15) is 23.9 Å². The van der Waals surface area contributed by atoms with Crippen LogP contribution in [0.1, 0.15) is 30.4 Å². The van der Waals surface area contributed by atoms with E-state index in [9.17, 15) is 34.2 Å². The molecule has 0 saturated heterocycles. The number of nitrogens with two attached hydrogens (primary N) is 2. The fourth-order valence-electron chi connectivity index (χ4n) is 3.88. The second kappa shape index (κ2) is 16.9. The smallest absolute Gasteiger partial charge is 0.326 e. The Balaban J connectivity index is 2.30. The molecule has 0 aliphatic heterocycles. The molecule has 4 amide bonds. The molecule has 0 aromatic heterocycles. The van der Waals surface area contributed by atoms with Gasteiger partial charge in [-0.05, 0) is 48.1 Å². The lowest BCUT2D eigenvalue weighted by Crippen LogP contribution is -2.58. The van der Waals surface area contributed by atoms with Crippen LogP contribution in [0.3, 0.4) is 0 Å². The summed E-state index contributed by atoms with van der Waals surface area (Å²) in [6.07, 6.45) is 1.84. The van der Waals surface area contributed by atoms with Gasteiger partial charge in [-0.3, -0.25) is 19.2 Å². The van der Waals surface area contributed by atoms with Gasteiger partial charge in [0.05, 0.1) is 6.04 Å². The van der Waals surface area contributed by atoms with Crippen molar-refractivity contribution in [2.75, 3.05) is 12.0 Å². The molecule has 4 atom stereocenters. The van der Waals surface area contributed by atoms with Crippen LogP contribution in [0.5, 0.6) is 5.75 Å². The third kappa shape index (κ3) is 11.9. The number of primary amides is 1. The van der Waals surface area contributed by atoms with Crippen molar-refractivity contribution in [3.8, 4) is 5.75 Å². The normalized spacial score (nSPS) is 13.7. The molecular weight excluding hydrogens is 550 g/mol. The molecule has 222 valence electrons. The molecule has 2 aromatic carbocycles. The van der Waals surface area contributed by atoms with E-state index < -0.39 is 53.8 Å². The highest BCUT2D eigenvalue weighted by Crippen LogP contribution is 2.13. The number of amides is 4. The molecule has 9 N–H and O–H groups in total. The number of nitrogens with one attached hydrogen (secondary N) is 3. The Bertz CT molecular complexity index is 1180. The molecule has 12 nitrogen and oxygen atoms in total. The minimum atomic E-state index is -1.41. The lowest BCUT2D eigenvalue weighted by Gasteiger charge is -2.25. The average molecular weight is 588 g/mol. The molecule has 2 rings (SSSR count). The van der Waals surface area contributed by atoms with Gasteiger partial charge in [-0.1, -0.05) is 42.5 Å². The summed E-state index contributed by atoms with van der Waals surface area (Å²) < 4.78 is 0. The van der Waals surface area contributed by atoms with Crippen LogP contribution < -0.4 is 27.4 Å². The number of carbonyl (C=O) groups excluding carboxylic acids is 4. The number of carboxylic acid groups (broad SMARTS) is 1. The van der Waals surface area contributed by atoms with Crippen molar-refractivity contribution >= 4 is 41.4 Å². The minimum absolute atomic E-state index is 0.0215. The molecule has 0 heterocycles. The van der Waals surface area contributed by atoms with Crippen molar-refractivity contribution in [2.24, 2.45) is 11.5 Å². The highest BCUT2D eigenvalue weighted by Gasteiger charge is 2.31. The van der Waals surface area contributed by atoms with Crippen molar-refractivity contribution in [3.63, 3.8) is 0 Å². The predicted octanol–water partition coefficient (Wildman–Crippen LogP) is 0.0623. The average Bonchev–Trinajstić information content (AvgIpc) is 2.94. The summed E-state index contributed by atoms with van der Waals surface area (Å²) in [5, 5.41) is 26.8. The van der Waals surface area contributed by atoms with Crippen LogP contribution in [0, 0.1) is 0 Å². The zero-order chi connectivity index (χ0) is 30.4. The van der Waals surface area contributed by atoms with Crippen molar-refractivity contribution in [1.29, 1.82) is 0 Å². The van der Waals surface area contributed by atoms with E-state index in [4.69, 9.17) is 11.5 Å². The highest BCUT2D eigenvalue weighted by molar-refractivity contribution is 7.98. The number of phenolic OH excluding ortho intramolecular Hbond substituents is 1. The van der Waals surface area contributed by atoms with Gasteiger partial charge in [-0.15, -0.1) is 0 Å². The third-order valence-electron chi connectivity index (χ3n) is 6.19. The van der Waals surface area contributed by atoms with Crippen molar-refractivity contribution < 1.29 is 34.2 Å². The van der Waals surface area contributed by atoms with E-state index in [1.54, 1.807) is 42.5 Å². The summed E-state index contributed by atoms with van der Waals surface area (Å²) in [4.78, 5) is 62.5. The van der Waals surface area contributed by atoms with Crippen molar-refractivity contribution in [2.45, 2.75) is 56.3 Å².